The second kappa shape index (κ2) is 6.53. The average Bonchev–Trinajstić information content (AvgIpc) is 3.07. The molecule has 6 heteroatoms. The Labute approximate surface area is 142 Å². The van der Waals surface area contributed by atoms with Gasteiger partial charge in [-0.2, -0.15) is 5.10 Å². The standard InChI is InChI=1S/C18H24N4O2/c1-14-3-2-6-22-17(14)16(13-19-22)18(23)21-9-7-20(8-10-21)15-4-11-24-12-5-15/h2-3,6,13,15H,4-5,7-12H2,1H3. The summed E-state index contributed by atoms with van der Waals surface area (Å²) in [6.07, 6.45) is 5.82. The largest absolute Gasteiger partial charge is 0.381 e. The number of hydrogen-bond donors (Lipinski definition) is 0. The summed E-state index contributed by atoms with van der Waals surface area (Å²) in [4.78, 5) is 17.4. The third kappa shape index (κ3) is 2.80. The lowest BCUT2D eigenvalue weighted by molar-refractivity contribution is 0.0138. The molecule has 2 aromatic heterocycles. The first-order valence-corrected chi connectivity index (χ1v) is 8.78. The van der Waals surface area contributed by atoms with E-state index in [1.165, 1.54) is 0 Å². The first-order valence-electron chi connectivity index (χ1n) is 8.78. The van der Waals surface area contributed by atoms with E-state index in [0.29, 0.717) is 11.6 Å². The number of carbonyl (C=O) groups is 1. The molecule has 24 heavy (non-hydrogen) atoms. The highest BCUT2D eigenvalue weighted by Gasteiger charge is 2.28. The molecule has 6 nitrogen and oxygen atoms in total. The molecule has 0 saturated carbocycles. The average molecular weight is 328 g/mol. The minimum Gasteiger partial charge on any atom is -0.381 e. The molecule has 0 aliphatic carbocycles. The number of amides is 1. The van der Waals surface area contributed by atoms with Crippen LogP contribution in [0.1, 0.15) is 28.8 Å². The highest BCUT2D eigenvalue weighted by molar-refractivity contribution is 6.01. The Morgan fingerprint density at radius 2 is 1.96 bits per heavy atom. The van der Waals surface area contributed by atoms with Gasteiger partial charge < -0.3 is 9.64 Å². The van der Waals surface area contributed by atoms with E-state index in [4.69, 9.17) is 4.74 Å². The first kappa shape index (κ1) is 15.6. The molecule has 2 aromatic rings. The lowest BCUT2D eigenvalue weighted by atomic mass is 10.1. The molecule has 2 fully saturated rings. The zero-order chi connectivity index (χ0) is 16.5. The summed E-state index contributed by atoms with van der Waals surface area (Å²) in [7, 11) is 0. The van der Waals surface area contributed by atoms with Crippen molar-refractivity contribution in [1.29, 1.82) is 0 Å². The van der Waals surface area contributed by atoms with Crippen LogP contribution < -0.4 is 0 Å². The van der Waals surface area contributed by atoms with E-state index in [1.54, 1.807) is 10.7 Å². The summed E-state index contributed by atoms with van der Waals surface area (Å²) in [5, 5.41) is 4.33. The van der Waals surface area contributed by atoms with Gasteiger partial charge in [-0.1, -0.05) is 6.07 Å². The van der Waals surface area contributed by atoms with E-state index in [1.807, 2.05) is 30.2 Å². The molecule has 0 bridgehead atoms. The molecule has 0 atom stereocenters. The van der Waals surface area contributed by atoms with Gasteiger partial charge in [-0.3, -0.25) is 9.69 Å². The van der Waals surface area contributed by atoms with Crippen molar-refractivity contribution in [2.24, 2.45) is 0 Å². The molecule has 4 heterocycles. The van der Waals surface area contributed by atoms with Crippen molar-refractivity contribution in [3.05, 3.63) is 35.7 Å². The molecule has 1 amide bonds. The smallest absolute Gasteiger partial charge is 0.257 e. The molecule has 2 saturated heterocycles. The first-order chi connectivity index (χ1) is 11.7. The molecule has 2 aliphatic heterocycles. The van der Waals surface area contributed by atoms with Gasteiger partial charge in [0.15, 0.2) is 0 Å². The summed E-state index contributed by atoms with van der Waals surface area (Å²) in [5.74, 6) is 0.103. The topological polar surface area (TPSA) is 50.1 Å². The number of piperazine rings is 1. The van der Waals surface area contributed by atoms with Crippen molar-refractivity contribution in [3.63, 3.8) is 0 Å². The maximum absolute atomic E-state index is 12.9. The Morgan fingerprint density at radius 1 is 1.21 bits per heavy atom. The third-order valence-electron chi connectivity index (χ3n) is 5.28. The van der Waals surface area contributed by atoms with Crippen LogP contribution in [0.4, 0.5) is 0 Å². The Morgan fingerprint density at radius 3 is 2.71 bits per heavy atom. The minimum absolute atomic E-state index is 0.103. The van der Waals surface area contributed by atoms with Gasteiger partial charge in [0.05, 0.1) is 17.3 Å². The van der Waals surface area contributed by atoms with Crippen molar-refractivity contribution >= 4 is 11.4 Å². The SMILES string of the molecule is Cc1cccn2ncc(C(=O)N3CCN(C4CCOCC4)CC3)c12. The number of aromatic nitrogens is 2. The maximum atomic E-state index is 12.9. The van der Waals surface area contributed by atoms with Crippen molar-refractivity contribution in [3.8, 4) is 0 Å². The molecule has 4 rings (SSSR count). The van der Waals surface area contributed by atoms with Crippen LogP contribution in [0, 0.1) is 6.92 Å². The Hall–Kier alpha value is -1.92. The van der Waals surface area contributed by atoms with Crippen molar-refractivity contribution in [2.75, 3.05) is 39.4 Å². The van der Waals surface area contributed by atoms with Crippen LogP contribution in [0.5, 0.6) is 0 Å². The monoisotopic (exact) mass is 328 g/mol. The Bertz CT molecular complexity index is 728. The van der Waals surface area contributed by atoms with Gasteiger partial charge in [-0.25, -0.2) is 4.52 Å². The van der Waals surface area contributed by atoms with Gasteiger partial charge in [-0.15, -0.1) is 0 Å². The van der Waals surface area contributed by atoms with Gasteiger partial charge in [0.2, 0.25) is 0 Å². The Kier molecular flexibility index (Phi) is 4.24. The van der Waals surface area contributed by atoms with Crippen LogP contribution in [-0.4, -0.2) is 70.8 Å². The van der Waals surface area contributed by atoms with Crippen molar-refractivity contribution in [2.45, 2.75) is 25.8 Å². The van der Waals surface area contributed by atoms with Gasteiger partial charge in [-0.05, 0) is 31.4 Å². The predicted molar refractivity (Wildman–Crippen MR) is 91.2 cm³/mol. The number of fused-ring (bicyclic) bond motifs is 1. The zero-order valence-corrected chi connectivity index (χ0v) is 14.1. The highest BCUT2D eigenvalue weighted by atomic mass is 16.5. The molecule has 128 valence electrons. The van der Waals surface area contributed by atoms with Crippen molar-refractivity contribution < 1.29 is 9.53 Å². The normalized spacial score (nSPS) is 20.6. The number of nitrogens with zero attached hydrogens (tertiary/aromatic N) is 4. The van der Waals surface area contributed by atoms with Crippen LogP contribution >= 0.6 is 0 Å². The molecule has 0 N–H and O–H groups in total. The second-order valence-electron chi connectivity index (χ2n) is 6.71. The van der Waals surface area contributed by atoms with E-state index in [9.17, 15) is 4.79 Å². The lowest BCUT2D eigenvalue weighted by Gasteiger charge is -2.40. The molecule has 0 spiro atoms. The third-order valence-corrected chi connectivity index (χ3v) is 5.28. The summed E-state index contributed by atoms with van der Waals surface area (Å²) in [6.45, 7) is 7.25. The van der Waals surface area contributed by atoms with Crippen LogP contribution in [0.2, 0.25) is 0 Å². The van der Waals surface area contributed by atoms with Gasteiger partial charge in [0.25, 0.3) is 5.91 Å². The molecule has 2 aliphatic rings. The molecular weight excluding hydrogens is 304 g/mol. The molecule has 0 unspecified atom stereocenters. The Balaban J connectivity index is 1.46. The number of hydrogen-bond acceptors (Lipinski definition) is 4. The highest BCUT2D eigenvalue weighted by Crippen LogP contribution is 2.20. The van der Waals surface area contributed by atoms with Crippen LogP contribution in [0.3, 0.4) is 0 Å². The fraction of sp³-hybridized carbons (Fsp3) is 0.556. The number of pyridine rings is 1. The summed E-state index contributed by atoms with van der Waals surface area (Å²) in [6, 6.07) is 4.60. The van der Waals surface area contributed by atoms with E-state index >= 15 is 0 Å². The predicted octanol–water partition coefficient (Wildman–Crippen LogP) is 1.58. The molecule has 0 radical (unpaired) electrons. The summed E-state index contributed by atoms with van der Waals surface area (Å²) >= 11 is 0. The van der Waals surface area contributed by atoms with Gasteiger partial charge in [0, 0.05) is 51.6 Å². The van der Waals surface area contributed by atoms with E-state index < -0.39 is 0 Å². The summed E-state index contributed by atoms with van der Waals surface area (Å²) < 4.78 is 7.24. The summed E-state index contributed by atoms with van der Waals surface area (Å²) in [5.41, 5.74) is 2.72. The van der Waals surface area contributed by atoms with Crippen LogP contribution in [-0.2, 0) is 4.74 Å². The van der Waals surface area contributed by atoms with E-state index in [2.05, 4.69) is 10.00 Å². The van der Waals surface area contributed by atoms with Gasteiger partial charge >= 0.3 is 0 Å². The second-order valence-corrected chi connectivity index (χ2v) is 6.71. The van der Waals surface area contributed by atoms with Crippen molar-refractivity contribution in [1.82, 2.24) is 19.4 Å². The van der Waals surface area contributed by atoms with Crippen LogP contribution in [0.15, 0.2) is 24.5 Å². The van der Waals surface area contributed by atoms with Gasteiger partial charge in [0.1, 0.15) is 0 Å². The molecule has 0 aromatic carbocycles. The number of aryl methyl sites for hydroxylation is 1. The zero-order valence-electron chi connectivity index (χ0n) is 14.1. The number of carbonyl (C=O) groups excluding carboxylic acids is 1. The van der Waals surface area contributed by atoms with E-state index in [0.717, 1.165) is 63.3 Å². The van der Waals surface area contributed by atoms with Crippen LogP contribution in [0.25, 0.3) is 5.52 Å². The quantitative estimate of drug-likeness (QED) is 0.840. The lowest BCUT2D eigenvalue weighted by Crippen LogP contribution is -2.53. The minimum atomic E-state index is 0.103. The number of rotatable bonds is 2. The number of ether oxygens (including phenoxy) is 1. The fourth-order valence-corrected chi connectivity index (χ4v) is 3.88. The molecular formula is C18H24N4O2. The maximum Gasteiger partial charge on any atom is 0.257 e. The fourth-order valence-electron chi connectivity index (χ4n) is 3.88. The van der Waals surface area contributed by atoms with E-state index in [-0.39, 0.29) is 5.91 Å².